The third-order valence-corrected chi connectivity index (χ3v) is 4.85. The summed E-state index contributed by atoms with van der Waals surface area (Å²) in [5.41, 5.74) is 1.38. The molecule has 0 fully saturated rings. The fourth-order valence-electron chi connectivity index (χ4n) is 2.88. The van der Waals surface area contributed by atoms with E-state index in [1.54, 1.807) is 11.9 Å². The Kier molecular flexibility index (Phi) is 4.93. The van der Waals surface area contributed by atoms with Crippen LogP contribution in [0.4, 0.5) is 0 Å². The largest absolute Gasteiger partial charge is 0.340 e. The number of hydrogen-bond donors (Lipinski definition) is 0. The summed E-state index contributed by atoms with van der Waals surface area (Å²) in [5.74, 6) is -0.229. The van der Waals surface area contributed by atoms with E-state index in [0.717, 1.165) is 15.7 Å². The number of hydrogen-bond acceptors (Lipinski definition) is 4. The number of likely N-dealkylation sites (N-methyl/N-ethyl adjacent to an activating group) is 1. The second-order valence-corrected chi connectivity index (χ2v) is 6.92. The van der Waals surface area contributed by atoms with Crippen LogP contribution in [-0.4, -0.2) is 36.5 Å². The molecule has 142 valence electrons. The van der Waals surface area contributed by atoms with Crippen LogP contribution in [-0.2, 0) is 32.0 Å². The van der Waals surface area contributed by atoms with Crippen molar-refractivity contribution in [1.29, 1.82) is 0 Å². The first kappa shape index (κ1) is 18.9. The third kappa shape index (κ3) is 3.40. The molecule has 0 aliphatic heterocycles. The van der Waals surface area contributed by atoms with E-state index in [1.165, 1.54) is 23.2 Å². The van der Waals surface area contributed by atoms with Crippen LogP contribution < -0.4 is 11.2 Å². The second kappa shape index (κ2) is 7.03. The molecular formula is C18H20ClN5O3. The molecule has 2 heterocycles. The third-order valence-electron chi connectivity index (χ3n) is 4.56. The molecule has 0 unspecified atom stereocenters. The maximum Gasteiger partial charge on any atom is 0.332 e. The molecule has 8 nitrogen and oxygen atoms in total. The maximum absolute atomic E-state index is 12.7. The highest BCUT2D eigenvalue weighted by Crippen LogP contribution is 2.16. The van der Waals surface area contributed by atoms with Crippen molar-refractivity contribution in [2.45, 2.75) is 20.0 Å². The molecule has 0 bridgehead atoms. The van der Waals surface area contributed by atoms with Crippen molar-refractivity contribution < 1.29 is 4.79 Å². The fraction of sp³-hybridized carbons (Fsp3) is 0.333. The highest BCUT2D eigenvalue weighted by atomic mass is 35.5. The quantitative estimate of drug-likeness (QED) is 0.624. The average molecular weight is 390 g/mol. The SMILES string of the molecule is Cc1ccc(CN(C)C(=O)Cn2c(Cl)nc3c2c(=O)n(C)c(=O)n3C)cc1. The van der Waals surface area contributed by atoms with Crippen molar-refractivity contribution in [1.82, 2.24) is 23.6 Å². The highest BCUT2D eigenvalue weighted by molar-refractivity contribution is 6.29. The first-order valence-electron chi connectivity index (χ1n) is 8.32. The highest BCUT2D eigenvalue weighted by Gasteiger charge is 2.21. The van der Waals surface area contributed by atoms with Gasteiger partial charge in [0.05, 0.1) is 0 Å². The number of benzene rings is 1. The number of fused-ring (bicyclic) bond motifs is 1. The molecule has 0 spiro atoms. The number of halogens is 1. The Hall–Kier alpha value is -2.87. The Morgan fingerprint density at radius 2 is 1.78 bits per heavy atom. The molecule has 1 amide bonds. The van der Waals surface area contributed by atoms with Crippen molar-refractivity contribution in [3.63, 3.8) is 0 Å². The number of carbonyl (C=O) groups is 1. The lowest BCUT2D eigenvalue weighted by molar-refractivity contribution is -0.131. The summed E-state index contributed by atoms with van der Waals surface area (Å²) in [7, 11) is 4.56. The van der Waals surface area contributed by atoms with Crippen LogP contribution in [0.1, 0.15) is 11.1 Å². The van der Waals surface area contributed by atoms with Crippen molar-refractivity contribution in [2.24, 2.45) is 14.1 Å². The minimum absolute atomic E-state index is 0.0135. The number of nitrogens with zero attached hydrogens (tertiary/aromatic N) is 5. The van der Waals surface area contributed by atoms with E-state index in [2.05, 4.69) is 4.98 Å². The molecule has 2 aromatic heterocycles. The Morgan fingerprint density at radius 3 is 2.41 bits per heavy atom. The van der Waals surface area contributed by atoms with Crippen molar-refractivity contribution in [2.75, 3.05) is 7.05 Å². The van der Waals surface area contributed by atoms with Crippen LogP contribution in [0.25, 0.3) is 11.2 Å². The Bertz CT molecular complexity index is 1140. The standard InChI is InChI=1S/C18H20ClN5O3/c1-11-5-7-12(8-6-11)9-21(2)13(25)10-24-14-15(20-17(24)19)22(3)18(27)23(4)16(14)26/h5-8H,9-10H2,1-4H3. The smallest absolute Gasteiger partial charge is 0.332 e. The van der Waals surface area contributed by atoms with Crippen LogP contribution in [0.3, 0.4) is 0 Å². The van der Waals surface area contributed by atoms with E-state index >= 15 is 0 Å². The van der Waals surface area contributed by atoms with E-state index in [-0.39, 0.29) is 28.9 Å². The molecule has 0 aliphatic carbocycles. The molecule has 0 saturated heterocycles. The number of aromatic nitrogens is 4. The van der Waals surface area contributed by atoms with Crippen molar-refractivity contribution >= 4 is 28.7 Å². The monoisotopic (exact) mass is 389 g/mol. The molecule has 27 heavy (non-hydrogen) atoms. The molecule has 0 aliphatic rings. The van der Waals surface area contributed by atoms with E-state index in [1.807, 2.05) is 31.2 Å². The minimum Gasteiger partial charge on any atom is -0.340 e. The molecule has 3 rings (SSSR count). The molecule has 0 saturated carbocycles. The molecule has 1 aromatic carbocycles. The zero-order valence-electron chi connectivity index (χ0n) is 15.6. The van der Waals surface area contributed by atoms with Gasteiger partial charge in [-0.1, -0.05) is 29.8 Å². The van der Waals surface area contributed by atoms with Crippen LogP contribution in [0.5, 0.6) is 0 Å². The molecule has 3 aromatic rings. The zero-order valence-corrected chi connectivity index (χ0v) is 16.3. The Balaban J connectivity index is 1.93. The van der Waals surface area contributed by atoms with Crippen LogP contribution in [0, 0.1) is 6.92 Å². The summed E-state index contributed by atoms with van der Waals surface area (Å²) in [6.45, 7) is 2.28. The zero-order chi connectivity index (χ0) is 19.9. The van der Waals surface area contributed by atoms with E-state index in [9.17, 15) is 14.4 Å². The Morgan fingerprint density at radius 1 is 1.15 bits per heavy atom. The van der Waals surface area contributed by atoms with Gasteiger partial charge in [-0.05, 0) is 24.1 Å². The molecule has 0 radical (unpaired) electrons. The summed E-state index contributed by atoms with van der Waals surface area (Å²) in [6, 6.07) is 7.89. The van der Waals surface area contributed by atoms with Gasteiger partial charge in [-0.2, -0.15) is 4.98 Å². The number of rotatable bonds is 4. The number of carbonyl (C=O) groups excluding carboxylic acids is 1. The van der Waals surface area contributed by atoms with Gasteiger partial charge < -0.3 is 4.90 Å². The fourth-order valence-corrected chi connectivity index (χ4v) is 3.10. The number of amides is 1. The maximum atomic E-state index is 12.7. The Labute approximate surface area is 160 Å². The minimum atomic E-state index is -0.540. The molecule has 0 atom stereocenters. The lowest BCUT2D eigenvalue weighted by atomic mass is 10.1. The van der Waals surface area contributed by atoms with Gasteiger partial charge in [-0.25, -0.2) is 4.79 Å². The second-order valence-electron chi connectivity index (χ2n) is 6.58. The lowest BCUT2D eigenvalue weighted by Crippen LogP contribution is -2.38. The summed E-state index contributed by atoms with van der Waals surface area (Å²) in [6.07, 6.45) is 0. The van der Waals surface area contributed by atoms with Gasteiger partial charge in [0.1, 0.15) is 6.54 Å². The van der Waals surface area contributed by atoms with E-state index in [4.69, 9.17) is 11.6 Å². The normalized spacial score (nSPS) is 11.1. The first-order valence-corrected chi connectivity index (χ1v) is 8.69. The van der Waals surface area contributed by atoms with Crippen molar-refractivity contribution in [3.8, 4) is 0 Å². The van der Waals surface area contributed by atoms with Gasteiger partial charge in [-0.3, -0.25) is 23.3 Å². The van der Waals surface area contributed by atoms with Gasteiger partial charge in [0, 0.05) is 27.7 Å². The summed E-state index contributed by atoms with van der Waals surface area (Å²) < 4.78 is 3.55. The summed E-state index contributed by atoms with van der Waals surface area (Å²) in [4.78, 5) is 42.9. The van der Waals surface area contributed by atoms with Crippen LogP contribution in [0.15, 0.2) is 33.9 Å². The predicted molar refractivity (Wildman–Crippen MR) is 103 cm³/mol. The first-order chi connectivity index (χ1) is 12.7. The summed E-state index contributed by atoms with van der Waals surface area (Å²) >= 11 is 6.16. The molecule has 9 heteroatoms. The topological polar surface area (TPSA) is 82.1 Å². The van der Waals surface area contributed by atoms with Gasteiger partial charge in [0.2, 0.25) is 11.2 Å². The van der Waals surface area contributed by atoms with Gasteiger partial charge >= 0.3 is 5.69 Å². The van der Waals surface area contributed by atoms with E-state index in [0.29, 0.717) is 6.54 Å². The van der Waals surface area contributed by atoms with Gasteiger partial charge in [-0.15, -0.1) is 0 Å². The predicted octanol–water partition coefficient (Wildman–Crippen LogP) is 1.05. The number of imidazole rings is 1. The molecular weight excluding hydrogens is 370 g/mol. The summed E-state index contributed by atoms with van der Waals surface area (Å²) in [5, 5.41) is -0.0135. The van der Waals surface area contributed by atoms with Crippen molar-refractivity contribution in [3.05, 3.63) is 61.5 Å². The lowest BCUT2D eigenvalue weighted by Gasteiger charge is -2.18. The van der Waals surface area contributed by atoms with Crippen LogP contribution in [0.2, 0.25) is 5.28 Å². The van der Waals surface area contributed by atoms with Gasteiger partial charge in [0.25, 0.3) is 5.56 Å². The molecule has 0 N–H and O–H groups in total. The van der Waals surface area contributed by atoms with E-state index < -0.39 is 11.2 Å². The number of aryl methyl sites for hydroxylation is 2. The average Bonchev–Trinajstić information content (AvgIpc) is 2.96. The van der Waals surface area contributed by atoms with Crippen LogP contribution >= 0.6 is 11.6 Å². The van der Waals surface area contributed by atoms with Gasteiger partial charge in [0.15, 0.2) is 11.2 Å².